The van der Waals surface area contributed by atoms with E-state index >= 15 is 0 Å². The van der Waals surface area contributed by atoms with Gasteiger partial charge in [0.2, 0.25) is 11.8 Å². The Morgan fingerprint density at radius 1 is 0.976 bits per heavy atom. The molecule has 1 fully saturated rings. The maximum absolute atomic E-state index is 14.3. The van der Waals surface area contributed by atoms with E-state index in [0.717, 1.165) is 28.3 Å². The molecule has 4 amide bonds. The summed E-state index contributed by atoms with van der Waals surface area (Å²) in [6, 6.07) is 16.6. The Balaban J connectivity index is 1.75. The standard InChI is InChI=1S/C33H40N4O5/c1-20-13-16-26(21(2)17-20)29(30(39)35-24-15-14-22-9-6-7-10-23(22)18-24)37(25-11-8-12-25)31(40)27(19-28(34)38)36-32(41)42-33(3,4)5/h6-7,9-10,13-18,25,27,29H,8,11-12,19H2,1-5H3,(H2,34,38)(H,35,39)(H,36,41). The second-order valence-corrected chi connectivity index (χ2v) is 12.0. The number of aryl methyl sites for hydroxylation is 2. The molecule has 0 spiro atoms. The van der Waals surface area contributed by atoms with Crippen molar-refractivity contribution in [2.45, 2.75) is 84.0 Å². The Kier molecular flexibility index (Phi) is 9.19. The minimum absolute atomic E-state index is 0.263. The van der Waals surface area contributed by atoms with Gasteiger partial charge >= 0.3 is 6.09 Å². The first-order valence-electron chi connectivity index (χ1n) is 14.3. The van der Waals surface area contributed by atoms with Gasteiger partial charge in [0, 0.05) is 11.7 Å². The highest BCUT2D eigenvalue weighted by atomic mass is 16.6. The first kappa shape index (κ1) is 30.6. The van der Waals surface area contributed by atoms with Crippen molar-refractivity contribution < 1.29 is 23.9 Å². The smallest absolute Gasteiger partial charge is 0.408 e. The predicted octanol–water partition coefficient (Wildman–Crippen LogP) is 5.29. The van der Waals surface area contributed by atoms with E-state index < -0.39 is 47.9 Å². The van der Waals surface area contributed by atoms with Gasteiger partial charge in [-0.3, -0.25) is 14.4 Å². The van der Waals surface area contributed by atoms with Crippen LogP contribution in [-0.4, -0.2) is 46.4 Å². The lowest BCUT2D eigenvalue weighted by molar-refractivity contribution is -0.146. The average molecular weight is 573 g/mol. The molecule has 42 heavy (non-hydrogen) atoms. The molecule has 9 nitrogen and oxygen atoms in total. The summed E-state index contributed by atoms with van der Waals surface area (Å²) in [5, 5.41) is 7.57. The van der Waals surface area contributed by atoms with E-state index in [-0.39, 0.29) is 6.04 Å². The van der Waals surface area contributed by atoms with Crippen molar-refractivity contribution in [3.8, 4) is 0 Å². The number of carbonyl (C=O) groups is 4. The van der Waals surface area contributed by atoms with Crippen LogP contribution in [0.25, 0.3) is 10.8 Å². The number of hydrogen-bond donors (Lipinski definition) is 3. The summed E-state index contributed by atoms with van der Waals surface area (Å²) < 4.78 is 5.37. The van der Waals surface area contributed by atoms with Gasteiger partial charge in [-0.2, -0.15) is 0 Å². The van der Waals surface area contributed by atoms with Crippen molar-refractivity contribution in [2.75, 3.05) is 5.32 Å². The van der Waals surface area contributed by atoms with Gasteiger partial charge in [-0.1, -0.05) is 54.1 Å². The summed E-state index contributed by atoms with van der Waals surface area (Å²) in [5.41, 5.74) is 7.81. The predicted molar refractivity (Wildman–Crippen MR) is 163 cm³/mol. The van der Waals surface area contributed by atoms with Gasteiger partial charge in [0.25, 0.3) is 5.91 Å². The number of anilines is 1. The second-order valence-electron chi connectivity index (χ2n) is 12.0. The Morgan fingerprint density at radius 3 is 2.26 bits per heavy atom. The minimum Gasteiger partial charge on any atom is -0.444 e. The zero-order valence-electron chi connectivity index (χ0n) is 24.9. The summed E-state index contributed by atoms with van der Waals surface area (Å²) in [6.07, 6.45) is 0.977. The highest BCUT2D eigenvalue weighted by Crippen LogP contribution is 2.36. The Morgan fingerprint density at radius 2 is 1.67 bits per heavy atom. The lowest BCUT2D eigenvalue weighted by Crippen LogP contribution is -2.57. The van der Waals surface area contributed by atoms with Crippen molar-refractivity contribution in [1.82, 2.24) is 10.2 Å². The van der Waals surface area contributed by atoms with Gasteiger partial charge < -0.3 is 26.0 Å². The maximum atomic E-state index is 14.3. The number of alkyl carbamates (subject to hydrolysis) is 1. The van der Waals surface area contributed by atoms with Crippen LogP contribution in [0.1, 0.15) is 69.2 Å². The summed E-state index contributed by atoms with van der Waals surface area (Å²) in [7, 11) is 0. The number of benzene rings is 3. The van der Waals surface area contributed by atoms with Crippen LogP contribution in [0.2, 0.25) is 0 Å². The molecule has 0 saturated heterocycles. The second kappa shape index (κ2) is 12.6. The molecule has 0 radical (unpaired) electrons. The number of primary amides is 1. The Bertz CT molecular complexity index is 1490. The zero-order valence-corrected chi connectivity index (χ0v) is 24.9. The van der Waals surface area contributed by atoms with E-state index in [2.05, 4.69) is 10.6 Å². The van der Waals surface area contributed by atoms with Gasteiger partial charge in [0.05, 0.1) is 6.42 Å². The van der Waals surface area contributed by atoms with Gasteiger partial charge in [-0.15, -0.1) is 0 Å². The van der Waals surface area contributed by atoms with Gasteiger partial charge in [0.15, 0.2) is 0 Å². The quantitative estimate of drug-likeness (QED) is 0.321. The summed E-state index contributed by atoms with van der Waals surface area (Å²) in [5.74, 6) is -1.72. The topological polar surface area (TPSA) is 131 Å². The number of nitrogens with one attached hydrogen (secondary N) is 2. The molecule has 0 aliphatic heterocycles. The molecule has 1 aliphatic carbocycles. The molecule has 9 heteroatoms. The van der Waals surface area contributed by atoms with E-state index in [4.69, 9.17) is 10.5 Å². The molecule has 3 aromatic rings. The third-order valence-electron chi connectivity index (χ3n) is 7.38. The highest BCUT2D eigenvalue weighted by molar-refractivity contribution is 6.01. The molecule has 1 aliphatic rings. The van der Waals surface area contributed by atoms with Gasteiger partial charge in [-0.25, -0.2) is 4.79 Å². The lowest BCUT2D eigenvalue weighted by Gasteiger charge is -2.44. The fourth-order valence-electron chi connectivity index (χ4n) is 5.24. The number of hydrogen-bond acceptors (Lipinski definition) is 5. The van der Waals surface area contributed by atoms with Crippen LogP contribution in [0.4, 0.5) is 10.5 Å². The van der Waals surface area contributed by atoms with Crippen LogP contribution in [0.3, 0.4) is 0 Å². The van der Waals surface area contributed by atoms with Crippen LogP contribution < -0.4 is 16.4 Å². The number of ether oxygens (including phenoxy) is 1. The van der Waals surface area contributed by atoms with Crippen LogP contribution in [-0.2, 0) is 19.1 Å². The number of carbonyl (C=O) groups excluding carboxylic acids is 4. The van der Waals surface area contributed by atoms with Crippen LogP contribution in [0, 0.1) is 13.8 Å². The normalized spacial score (nSPS) is 14.8. The lowest BCUT2D eigenvalue weighted by atomic mass is 9.87. The fourth-order valence-corrected chi connectivity index (χ4v) is 5.24. The summed E-state index contributed by atoms with van der Waals surface area (Å²) in [6.45, 7) is 8.97. The van der Waals surface area contributed by atoms with Crippen LogP contribution in [0.15, 0.2) is 60.7 Å². The SMILES string of the molecule is Cc1ccc(C(C(=O)Nc2ccc3ccccc3c2)N(C(=O)C(CC(N)=O)NC(=O)OC(C)(C)C)C2CCC2)c(C)c1. The van der Waals surface area contributed by atoms with Crippen molar-refractivity contribution in [1.29, 1.82) is 0 Å². The monoisotopic (exact) mass is 572 g/mol. The third-order valence-corrected chi connectivity index (χ3v) is 7.38. The number of rotatable bonds is 9. The van der Waals surface area contributed by atoms with Crippen molar-refractivity contribution in [3.63, 3.8) is 0 Å². The molecule has 4 N–H and O–H groups in total. The highest BCUT2D eigenvalue weighted by Gasteiger charge is 2.43. The summed E-state index contributed by atoms with van der Waals surface area (Å²) in [4.78, 5) is 54.8. The molecule has 2 unspecified atom stereocenters. The largest absolute Gasteiger partial charge is 0.444 e. The third kappa shape index (κ3) is 7.46. The molecule has 2 atom stereocenters. The van der Waals surface area contributed by atoms with Crippen LogP contribution >= 0.6 is 0 Å². The van der Waals surface area contributed by atoms with E-state index in [9.17, 15) is 19.2 Å². The molecule has 222 valence electrons. The van der Waals surface area contributed by atoms with Crippen LogP contribution in [0.5, 0.6) is 0 Å². The van der Waals surface area contributed by atoms with E-state index in [1.807, 2.05) is 74.5 Å². The van der Waals surface area contributed by atoms with Crippen molar-refractivity contribution >= 4 is 40.3 Å². The van der Waals surface area contributed by atoms with Gasteiger partial charge in [-0.05, 0) is 87.9 Å². The molecule has 3 aromatic carbocycles. The van der Waals surface area contributed by atoms with Crippen molar-refractivity contribution in [3.05, 3.63) is 77.4 Å². The number of nitrogens with two attached hydrogens (primary N) is 1. The number of nitrogens with zero attached hydrogens (tertiary/aromatic N) is 1. The molecule has 0 aromatic heterocycles. The molecule has 0 bridgehead atoms. The zero-order chi connectivity index (χ0) is 30.6. The molecular weight excluding hydrogens is 532 g/mol. The number of fused-ring (bicyclic) bond motifs is 1. The van der Waals surface area contributed by atoms with Gasteiger partial charge in [0.1, 0.15) is 17.7 Å². The van der Waals surface area contributed by atoms with E-state index in [1.54, 1.807) is 20.8 Å². The molecular formula is C33H40N4O5. The Hall–Kier alpha value is -4.40. The molecule has 1 saturated carbocycles. The Labute approximate surface area is 246 Å². The maximum Gasteiger partial charge on any atom is 0.408 e. The minimum atomic E-state index is -1.31. The van der Waals surface area contributed by atoms with E-state index in [1.165, 1.54) is 4.90 Å². The molecule has 0 heterocycles. The first-order valence-corrected chi connectivity index (χ1v) is 14.3. The van der Waals surface area contributed by atoms with Crippen molar-refractivity contribution in [2.24, 2.45) is 5.73 Å². The first-order chi connectivity index (χ1) is 19.8. The summed E-state index contributed by atoms with van der Waals surface area (Å²) >= 11 is 0. The van der Waals surface area contributed by atoms with E-state index in [0.29, 0.717) is 24.1 Å². The fraction of sp³-hybridized carbons (Fsp3) is 0.394. The molecule has 4 rings (SSSR count). The number of amides is 4. The average Bonchev–Trinajstić information content (AvgIpc) is 2.86.